The van der Waals surface area contributed by atoms with Crippen molar-refractivity contribution in [1.29, 1.82) is 0 Å². The van der Waals surface area contributed by atoms with Crippen LogP contribution in [0.15, 0.2) is 39.8 Å². The van der Waals surface area contributed by atoms with Crippen molar-refractivity contribution >= 4 is 37.5 Å². The maximum Gasteiger partial charge on any atom is 0.263 e. The van der Waals surface area contributed by atoms with Crippen LogP contribution in [0.25, 0.3) is 0 Å². The van der Waals surface area contributed by atoms with Crippen LogP contribution in [0.3, 0.4) is 0 Å². The van der Waals surface area contributed by atoms with Crippen LogP contribution in [-0.2, 0) is 10.0 Å². The van der Waals surface area contributed by atoms with Crippen LogP contribution in [0.2, 0.25) is 0 Å². The zero-order valence-electron chi connectivity index (χ0n) is 10.4. The molecule has 2 aromatic rings. The lowest BCUT2D eigenvalue weighted by Gasteiger charge is -2.11. The van der Waals surface area contributed by atoms with Gasteiger partial charge in [-0.2, -0.15) is 0 Å². The monoisotopic (exact) mass is 359 g/mol. The van der Waals surface area contributed by atoms with E-state index in [2.05, 4.69) is 25.6 Å². The van der Waals surface area contributed by atoms with Gasteiger partial charge in [0.05, 0.1) is 10.6 Å². The van der Waals surface area contributed by atoms with Gasteiger partial charge in [0.2, 0.25) is 0 Å². The van der Waals surface area contributed by atoms with Gasteiger partial charge < -0.3 is 5.73 Å². The normalized spacial score (nSPS) is 11.3. The number of rotatable bonds is 3. The van der Waals surface area contributed by atoms with Crippen molar-refractivity contribution in [3.63, 3.8) is 0 Å². The maximum atomic E-state index is 13.3. The van der Waals surface area contributed by atoms with E-state index >= 15 is 0 Å². The average Bonchev–Trinajstić information content (AvgIpc) is 2.36. The predicted molar refractivity (Wildman–Crippen MR) is 78.3 cm³/mol. The summed E-state index contributed by atoms with van der Waals surface area (Å²) in [6.45, 7) is 1.49. The summed E-state index contributed by atoms with van der Waals surface area (Å²) in [5.74, 6) is -0.487. The molecule has 0 saturated heterocycles. The van der Waals surface area contributed by atoms with Gasteiger partial charge in [-0.15, -0.1) is 0 Å². The first-order chi connectivity index (χ1) is 9.29. The standard InChI is InChI=1S/C12H11BrFN3O2S/c1-7-4-9(14)10(15)5-11(7)20(18,19)17-12-3-2-8(13)6-16-12/h2-6H,15H2,1H3,(H,16,17). The van der Waals surface area contributed by atoms with Crippen LogP contribution in [0.5, 0.6) is 0 Å². The van der Waals surface area contributed by atoms with Gasteiger partial charge in [0.1, 0.15) is 11.6 Å². The molecule has 106 valence electrons. The summed E-state index contributed by atoms with van der Waals surface area (Å²) in [5, 5.41) is 0. The van der Waals surface area contributed by atoms with E-state index in [1.54, 1.807) is 6.07 Å². The molecule has 0 unspecified atom stereocenters. The molecule has 0 atom stereocenters. The molecule has 8 heteroatoms. The first-order valence-electron chi connectivity index (χ1n) is 5.49. The number of nitrogens with one attached hydrogen (secondary N) is 1. The van der Waals surface area contributed by atoms with Gasteiger partial charge in [0.15, 0.2) is 0 Å². The summed E-state index contributed by atoms with van der Waals surface area (Å²) in [7, 11) is -3.87. The molecular formula is C12H11BrFN3O2S. The molecular weight excluding hydrogens is 349 g/mol. The summed E-state index contributed by atoms with van der Waals surface area (Å²) in [6, 6.07) is 5.32. The van der Waals surface area contributed by atoms with E-state index in [-0.39, 0.29) is 22.0 Å². The largest absolute Gasteiger partial charge is 0.396 e. The summed E-state index contributed by atoms with van der Waals surface area (Å²) in [5.41, 5.74) is 5.45. The number of nitrogen functional groups attached to an aromatic ring is 1. The van der Waals surface area contributed by atoms with Gasteiger partial charge in [-0.25, -0.2) is 17.8 Å². The third kappa shape index (κ3) is 3.07. The fraction of sp³-hybridized carbons (Fsp3) is 0.0833. The fourth-order valence-electron chi connectivity index (χ4n) is 1.59. The zero-order valence-corrected chi connectivity index (χ0v) is 12.8. The number of hydrogen-bond donors (Lipinski definition) is 2. The number of sulfonamides is 1. The smallest absolute Gasteiger partial charge is 0.263 e. The molecule has 1 aromatic carbocycles. The predicted octanol–water partition coefficient (Wildman–Crippen LogP) is 2.67. The molecule has 0 bridgehead atoms. The van der Waals surface area contributed by atoms with Crippen molar-refractivity contribution in [1.82, 2.24) is 4.98 Å². The molecule has 0 spiro atoms. The molecule has 20 heavy (non-hydrogen) atoms. The molecule has 0 radical (unpaired) electrons. The van der Waals surface area contributed by atoms with E-state index in [4.69, 9.17) is 5.73 Å². The van der Waals surface area contributed by atoms with Gasteiger partial charge in [-0.3, -0.25) is 4.72 Å². The number of halogens is 2. The van der Waals surface area contributed by atoms with E-state index in [1.165, 1.54) is 19.2 Å². The minimum absolute atomic E-state index is 0.0823. The summed E-state index contributed by atoms with van der Waals surface area (Å²) in [4.78, 5) is 3.83. The lowest BCUT2D eigenvalue weighted by Crippen LogP contribution is -2.15. The van der Waals surface area contributed by atoms with E-state index in [0.717, 1.165) is 16.6 Å². The molecule has 5 nitrogen and oxygen atoms in total. The summed E-state index contributed by atoms with van der Waals surface area (Å²) in [6.07, 6.45) is 1.46. The van der Waals surface area contributed by atoms with Crippen LogP contribution in [0.4, 0.5) is 15.9 Å². The third-order valence-electron chi connectivity index (χ3n) is 2.55. The highest BCUT2D eigenvalue weighted by Gasteiger charge is 2.19. The lowest BCUT2D eigenvalue weighted by atomic mass is 10.2. The van der Waals surface area contributed by atoms with Crippen molar-refractivity contribution in [2.24, 2.45) is 0 Å². The number of nitrogens with two attached hydrogens (primary N) is 1. The molecule has 1 heterocycles. The number of pyridine rings is 1. The Labute approximate surface area is 124 Å². The highest BCUT2D eigenvalue weighted by Crippen LogP contribution is 2.23. The number of aryl methyl sites for hydroxylation is 1. The molecule has 0 aliphatic carbocycles. The highest BCUT2D eigenvalue weighted by molar-refractivity contribution is 9.10. The number of nitrogens with zero attached hydrogens (tertiary/aromatic N) is 1. The highest BCUT2D eigenvalue weighted by atomic mass is 79.9. The molecule has 3 N–H and O–H groups in total. The Morgan fingerprint density at radius 2 is 2.05 bits per heavy atom. The molecule has 2 rings (SSSR count). The Morgan fingerprint density at radius 3 is 2.65 bits per heavy atom. The summed E-state index contributed by atoms with van der Waals surface area (Å²) >= 11 is 3.20. The third-order valence-corrected chi connectivity index (χ3v) is 4.52. The van der Waals surface area contributed by atoms with Crippen LogP contribution in [0, 0.1) is 12.7 Å². The number of benzene rings is 1. The van der Waals surface area contributed by atoms with E-state index in [9.17, 15) is 12.8 Å². The van der Waals surface area contributed by atoms with E-state index in [1.807, 2.05) is 0 Å². The zero-order chi connectivity index (χ0) is 14.9. The Hall–Kier alpha value is -1.67. The van der Waals surface area contributed by atoms with E-state index < -0.39 is 15.8 Å². The van der Waals surface area contributed by atoms with Crippen LogP contribution >= 0.6 is 15.9 Å². The number of aromatic nitrogens is 1. The number of hydrogen-bond acceptors (Lipinski definition) is 4. The second-order valence-corrected chi connectivity index (χ2v) is 6.67. The molecule has 0 aliphatic rings. The van der Waals surface area contributed by atoms with Crippen molar-refractivity contribution in [2.75, 3.05) is 10.5 Å². The summed E-state index contributed by atoms with van der Waals surface area (Å²) < 4.78 is 40.8. The van der Waals surface area contributed by atoms with Crippen LogP contribution in [0.1, 0.15) is 5.56 Å². The Bertz CT molecular complexity index is 748. The van der Waals surface area contributed by atoms with Gasteiger partial charge in [-0.05, 0) is 52.7 Å². The Morgan fingerprint density at radius 1 is 1.35 bits per heavy atom. The Kier molecular flexibility index (Phi) is 3.96. The van der Waals surface area contributed by atoms with Crippen molar-refractivity contribution < 1.29 is 12.8 Å². The second-order valence-electron chi connectivity index (χ2n) is 4.11. The van der Waals surface area contributed by atoms with Crippen molar-refractivity contribution in [2.45, 2.75) is 11.8 Å². The van der Waals surface area contributed by atoms with Gasteiger partial charge >= 0.3 is 0 Å². The van der Waals surface area contributed by atoms with Gasteiger partial charge in [-0.1, -0.05) is 0 Å². The minimum Gasteiger partial charge on any atom is -0.396 e. The van der Waals surface area contributed by atoms with Crippen molar-refractivity contribution in [3.8, 4) is 0 Å². The lowest BCUT2D eigenvalue weighted by molar-refractivity contribution is 0.599. The fourth-order valence-corrected chi connectivity index (χ4v) is 3.09. The van der Waals surface area contributed by atoms with Gasteiger partial charge in [0, 0.05) is 10.7 Å². The van der Waals surface area contributed by atoms with Crippen molar-refractivity contribution in [3.05, 3.63) is 46.3 Å². The average molecular weight is 360 g/mol. The van der Waals surface area contributed by atoms with Crippen LogP contribution < -0.4 is 10.5 Å². The maximum absolute atomic E-state index is 13.3. The molecule has 0 saturated carbocycles. The topological polar surface area (TPSA) is 85.1 Å². The SMILES string of the molecule is Cc1cc(F)c(N)cc1S(=O)(=O)Nc1ccc(Br)cn1. The first kappa shape index (κ1) is 14.7. The van der Waals surface area contributed by atoms with Gasteiger partial charge in [0.25, 0.3) is 10.0 Å². The number of anilines is 2. The first-order valence-corrected chi connectivity index (χ1v) is 7.77. The second kappa shape index (κ2) is 5.37. The molecule has 0 amide bonds. The van der Waals surface area contributed by atoms with Crippen LogP contribution in [-0.4, -0.2) is 13.4 Å². The molecule has 0 aliphatic heterocycles. The minimum atomic E-state index is -3.87. The molecule has 1 aromatic heterocycles. The van der Waals surface area contributed by atoms with E-state index in [0.29, 0.717) is 0 Å². The molecule has 0 fully saturated rings. The quantitative estimate of drug-likeness (QED) is 0.825. The Balaban J connectivity index is 2.40.